The summed E-state index contributed by atoms with van der Waals surface area (Å²) in [5, 5.41) is 9.23. The van der Waals surface area contributed by atoms with Gasteiger partial charge in [-0.1, -0.05) is 0 Å². The standard InChI is InChI=1S/C11H20O5Si/c1-14-17(15-2,16-3)10-6-7-4-8(10)9(5-7)11(12)13/h7-10H,4-6H2,1-3H3,(H,12,13). The Morgan fingerprint density at radius 2 is 1.71 bits per heavy atom. The molecule has 0 aliphatic heterocycles. The lowest BCUT2D eigenvalue weighted by atomic mass is 9.88. The Hall–Kier alpha value is -0.433. The van der Waals surface area contributed by atoms with Gasteiger partial charge in [0.25, 0.3) is 0 Å². The van der Waals surface area contributed by atoms with Gasteiger partial charge in [-0.3, -0.25) is 4.79 Å². The van der Waals surface area contributed by atoms with Crippen molar-refractivity contribution in [3.05, 3.63) is 0 Å². The smallest absolute Gasteiger partial charge is 0.481 e. The molecule has 2 saturated carbocycles. The molecule has 5 nitrogen and oxygen atoms in total. The first-order chi connectivity index (χ1) is 8.07. The van der Waals surface area contributed by atoms with Crippen molar-refractivity contribution in [2.24, 2.45) is 17.8 Å². The van der Waals surface area contributed by atoms with E-state index in [1.807, 2.05) is 0 Å². The van der Waals surface area contributed by atoms with Crippen molar-refractivity contribution in [2.45, 2.75) is 24.8 Å². The van der Waals surface area contributed by atoms with Crippen LogP contribution in [0, 0.1) is 17.8 Å². The molecule has 1 N–H and O–H groups in total. The van der Waals surface area contributed by atoms with Gasteiger partial charge in [-0.2, -0.15) is 0 Å². The van der Waals surface area contributed by atoms with E-state index in [0.717, 1.165) is 19.3 Å². The van der Waals surface area contributed by atoms with Crippen LogP contribution in [0.3, 0.4) is 0 Å². The summed E-state index contributed by atoms with van der Waals surface area (Å²) < 4.78 is 16.5. The van der Waals surface area contributed by atoms with E-state index in [1.54, 1.807) is 21.3 Å². The zero-order chi connectivity index (χ0) is 12.6. The highest BCUT2D eigenvalue weighted by Gasteiger charge is 2.61. The van der Waals surface area contributed by atoms with Gasteiger partial charge >= 0.3 is 14.8 Å². The molecule has 0 aromatic carbocycles. The molecular formula is C11H20O5Si. The maximum atomic E-state index is 11.2. The van der Waals surface area contributed by atoms with Crippen molar-refractivity contribution >= 4 is 14.8 Å². The summed E-state index contributed by atoms with van der Waals surface area (Å²) >= 11 is 0. The first kappa shape index (κ1) is 13.0. The second kappa shape index (κ2) is 4.68. The Kier molecular flexibility index (Phi) is 3.58. The predicted octanol–water partition coefficient (Wildman–Crippen LogP) is 1.37. The Balaban J connectivity index is 2.20. The van der Waals surface area contributed by atoms with Crippen molar-refractivity contribution in [2.75, 3.05) is 21.3 Å². The molecule has 2 aliphatic carbocycles. The van der Waals surface area contributed by atoms with E-state index in [4.69, 9.17) is 13.3 Å². The third-order valence-electron chi connectivity index (χ3n) is 4.44. The van der Waals surface area contributed by atoms with Gasteiger partial charge in [0, 0.05) is 26.9 Å². The third kappa shape index (κ3) is 1.93. The summed E-state index contributed by atoms with van der Waals surface area (Å²) in [5.41, 5.74) is 0.141. The fourth-order valence-corrected chi connectivity index (χ4v) is 6.67. The second-order valence-corrected chi connectivity index (χ2v) is 8.18. The molecule has 6 heteroatoms. The molecule has 2 rings (SSSR count). The van der Waals surface area contributed by atoms with Gasteiger partial charge in [-0.25, -0.2) is 0 Å². The minimum Gasteiger partial charge on any atom is -0.481 e. The summed E-state index contributed by atoms with van der Waals surface area (Å²) in [5.74, 6) is -0.276. The molecule has 0 heterocycles. The van der Waals surface area contributed by atoms with Crippen LogP contribution >= 0.6 is 0 Å². The summed E-state index contributed by atoms with van der Waals surface area (Å²) in [7, 11) is 2.11. The van der Waals surface area contributed by atoms with E-state index in [9.17, 15) is 9.90 Å². The molecular weight excluding hydrogens is 240 g/mol. The number of fused-ring (bicyclic) bond motifs is 2. The Labute approximate surface area is 102 Å². The van der Waals surface area contributed by atoms with Gasteiger partial charge in [0.2, 0.25) is 0 Å². The molecule has 0 radical (unpaired) electrons. The van der Waals surface area contributed by atoms with E-state index in [0.29, 0.717) is 5.92 Å². The summed E-state index contributed by atoms with van der Waals surface area (Å²) in [4.78, 5) is 11.2. The van der Waals surface area contributed by atoms with Crippen LogP contribution in [-0.2, 0) is 18.1 Å². The third-order valence-corrected chi connectivity index (χ3v) is 7.72. The van der Waals surface area contributed by atoms with Crippen LogP contribution in [0.1, 0.15) is 19.3 Å². The average Bonchev–Trinajstić information content (AvgIpc) is 2.92. The molecule has 0 amide bonds. The molecule has 98 valence electrons. The first-order valence-electron chi connectivity index (χ1n) is 5.96. The molecule has 0 saturated heterocycles. The molecule has 17 heavy (non-hydrogen) atoms. The van der Waals surface area contributed by atoms with Crippen molar-refractivity contribution in [1.29, 1.82) is 0 Å². The van der Waals surface area contributed by atoms with Crippen LogP contribution in [0.5, 0.6) is 0 Å². The van der Waals surface area contributed by atoms with Crippen molar-refractivity contribution in [3.8, 4) is 0 Å². The molecule has 2 aliphatic rings. The SMILES string of the molecule is CO[Si](OC)(OC)C1CC2CC(C(=O)O)C1C2. The highest BCUT2D eigenvalue weighted by atomic mass is 28.4. The van der Waals surface area contributed by atoms with Gasteiger partial charge in [0.15, 0.2) is 0 Å². The number of carboxylic acid groups (broad SMARTS) is 1. The number of carbonyl (C=O) groups is 1. The van der Waals surface area contributed by atoms with Crippen LogP contribution in [0.25, 0.3) is 0 Å². The number of aliphatic carboxylic acids is 1. The molecule has 0 spiro atoms. The highest BCUT2D eigenvalue weighted by Crippen LogP contribution is 2.58. The summed E-state index contributed by atoms with van der Waals surface area (Å²) in [6.45, 7) is 0. The van der Waals surface area contributed by atoms with Gasteiger partial charge in [0.1, 0.15) is 0 Å². The van der Waals surface area contributed by atoms with Crippen LogP contribution in [-0.4, -0.2) is 41.2 Å². The maximum Gasteiger partial charge on any atom is 0.503 e. The first-order valence-corrected chi connectivity index (χ1v) is 7.76. The monoisotopic (exact) mass is 260 g/mol. The van der Waals surface area contributed by atoms with E-state index in [2.05, 4.69) is 0 Å². The van der Waals surface area contributed by atoms with Gasteiger partial charge in [0.05, 0.1) is 5.92 Å². The average molecular weight is 260 g/mol. The van der Waals surface area contributed by atoms with E-state index < -0.39 is 14.8 Å². The number of hydrogen-bond acceptors (Lipinski definition) is 4. The highest BCUT2D eigenvalue weighted by molar-refractivity contribution is 6.62. The second-order valence-electron chi connectivity index (χ2n) is 5.00. The zero-order valence-electron chi connectivity index (χ0n) is 10.5. The van der Waals surface area contributed by atoms with Crippen LogP contribution in [0.4, 0.5) is 0 Å². The fraction of sp³-hybridized carbons (Fsp3) is 0.909. The molecule has 2 fully saturated rings. The summed E-state index contributed by atoms with van der Waals surface area (Å²) in [6, 6.07) is 0. The number of carboxylic acids is 1. The Morgan fingerprint density at radius 3 is 2.12 bits per heavy atom. The molecule has 4 atom stereocenters. The van der Waals surface area contributed by atoms with Gasteiger partial charge in [-0.15, -0.1) is 0 Å². The van der Waals surface area contributed by atoms with E-state index in [1.165, 1.54) is 0 Å². The normalized spacial score (nSPS) is 36.4. The van der Waals surface area contributed by atoms with Crippen LogP contribution in [0.2, 0.25) is 5.54 Å². The van der Waals surface area contributed by atoms with Crippen LogP contribution in [0.15, 0.2) is 0 Å². The largest absolute Gasteiger partial charge is 0.503 e. The zero-order valence-corrected chi connectivity index (χ0v) is 11.5. The predicted molar refractivity (Wildman–Crippen MR) is 62.5 cm³/mol. The van der Waals surface area contributed by atoms with E-state index in [-0.39, 0.29) is 17.4 Å². The lowest BCUT2D eigenvalue weighted by Gasteiger charge is -2.36. The van der Waals surface area contributed by atoms with Crippen molar-refractivity contribution < 1.29 is 23.2 Å². The lowest BCUT2D eigenvalue weighted by molar-refractivity contribution is -0.143. The minimum atomic E-state index is -2.69. The molecule has 4 unspecified atom stereocenters. The quantitative estimate of drug-likeness (QED) is 0.756. The maximum absolute atomic E-state index is 11.2. The van der Waals surface area contributed by atoms with Gasteiger partial charge < -0.3 is 18.4 Å². The fourth-order valence-electron chi connectivity index (χ4n) is 3.74. The number of rotatable bonds is 5. The molecule has 2 bridgehead atoms. The molecule has 0 aromatic rings. The minimum absolute atomic E-state index is 0.141. The summed E-state index contributed by atoms with van der Waals surface area (Å²) in [6.07, 6.45) is 2.76. The number of hydrogen-bond donors (Lipinski definition) is 1. The Morgan fingerprint density at radius 1 is 1.12 bits per heavy atom. The van der Waals surface area contributed by atoms with Gasteiger partial charge in [-0.05, 0) is 31.1 Å². The topological polar surface area (TPSA) is 65.0 Å². The molecule has 0 aromatic heterocycles. The lowest BCUT2D eigenvalue weighted by Crippen LogP contribution is -2.51. The van der Waals surface area contributed by atoms with Crippen molar-refractivity contribution in [3.63, 3.8) is 0 Å². The van der Waals surface area contributed by atoms with E-state index >= 15 is 0 Å². The Bertz CT molecular complexity index is 296. The van der Waals surface area contributed by atoms with Crippen LogP contribution < -0.4 is 0 Å². The van der Waals surface area contributed by atoms with Crippen molar-refractivity contribution in [1.82, 2.24) is 0 Å².